The standard InChI is InChI=1S/C13H18OS/c1-3-13(2,9-10-14)12(15)11-7-5-4-6-8-11/h4-8,14H,3,9-10H2,1-2H3. The monoisotopic (exact) mass is 222 g/mol. The number of aliphatic hydroxyl groups is 1. The third-order valence-corrected chi connectivity index (χ3v) is 3.76. The van der Waals surface area contributed by atoms with Crippen molar-refractivity contribution in [1.82, 2.24) is 0 Å². The molecule has 1 aromatic rings. The van der Waals surface area contributed by atoms with E-state index < -0.39 is 0 Å². The van der Waals surface area contributed by atoms with Gasteiger partial charge in [0.2, 0.25) is 0 Å². The second-order valence-corrected chi connectivity index (χ2v) is 4.49. The topological polar surface area (TPSA) is 20.2 Å². The Labute approximate surface area is 97.1 Å². The van der Waals surface area contributed by atoms with Gasteiger partial charge in [0.25, 0.3) is 0 Å². The van der Waals surface area contributed by atoms with Gasteiger partial charge in [-0.05, 0) is 18.4 Å². The minimum atomic E-state index is -0.0641. The van der Waals surface area contributed by atoms with Crippen LogP contribution in [0.15, 0.2) is 30.3 Å². The molecule has 0 spiro atoms. The van der Waals surface area contributed by atoms with E-state index >= 15 is 0 Å². The first-order valence-corrected chi connectivity index (χ1v) is 5.75. The smallest absolute Gasteiger partial charge is 0.0439 e. The third-order valence-electron chi connectivity index (χ3n) is 3.03. The van der Waals surface area contributed by atoms with Crippen molar-refractivity contribution >= 4 is 17.1 Å². The predicted molar refractivity (Wildman–Crippen MR) is 68.2 cm³/mol. The quantitative estimate of drug-likeness (QED) is 0.610. The van der Waals surface area contributed by atoms with Crippen LogP contribution in [-0.4, -0.2) is 16.6 Å². The highest BCUT2D eigenvalue weighted by atomic mass is 32.1. The summed E-state index contributed by atoms with van der Waals surface area (Å²) in [4.78, 5) is 0.958. The van der Waals surface area contributed by atoms with Gasteiger partial charge in [0.1, 0.15) is 0 Å². The van der Waals surface area contributed by atoms with Crippen molar-refractivity contribution in [2.24, 2.45) is 5.41 Å². The second kappa shape index (κ2) is 5.38. The molecule has 1 rings (SSSR count). The predicted octanol–water partition coefficient (Wildman–Crippen LogP) is 3.20. The van der Waals surface area contributed by atoms with Crippen LogP contribution in [0.4, 0.5) is 0 Å². The van der Waals surface area contributed by atoms with Crippen LogP contribution in [0, 0.1) is 5.41 Å². The van der Waals surface area contributed by atoms with Crippen LogP contribution in [0.25, 0.3) is 0 Å². The lowest BCUT2D eigenvalue weighted by molar-refractivity contribution is 0.239. The average Bonchev–Trinajstić information content (AvgIpc) is 2.29. The Morgan fingerprint density at radius 1 is 1.33 bits per heavy atom. The molecule has 1 nitrogen and oxygen atoms in total. The number of thiocarbonyl (C=S) groups is 1. The molecular formula is C13H18OS. The maximum Gasteiger partial charge on any atom is 0.0439 e. The summed E-state index contributed by atoms with van der Waals surface area (Å²) in [5.41, 5.74) is 1.04. The highest BCUT2D eigenvalue weighted by molar-refractivity contribution is 7.81. The Kier molecular flexibility index (Phi) is 4.43. The van der Waals surface area contributed by atoms with Crippen molar-refractivity contribution in [3.05, 3.63) is 35.9 Å². The lowest BCUT2D eigenvalue weighted by Gasteiger charge is -2.28. The molecule has 0 bridgehead atoms. The van der Waals surface area contributed by atoms with Crippen molar-refractivity contribution in [1.29, 1.82) is 0 Å². The zero-order valence-corrected chi connectivity index (χ0v) is 10.2. The summed E-state index contributed by atoms with van der Waals surface area (Å²) in [6, 6.07) is 10.1. The molecule has 0 heterocycles. The van der Waals surface area contributed by atoms with E-state index in [1.165, 1.54) is 0 Å². The van der Waals surface area contributed by atoms with E-state index in [-0.39, 0.29) is 12.0 Å². The Hall–Kier alpha value is -0.730. The molecule has 82 valence electrons. The first kappa shape index (κ1) is 12.3. The normalized spacial score (nSPS) is 14.6. The van der Waals surface area contributed by atoms with Crippen LogP contribution < -0.4 is 0 Å². The van der Waals surface area contributed by atoms with Crippen molar-refractivity contribution in [3.8, 4) is 0 Å². The van der Waals surface area contributed by atoms with Gasteiger partial charge in [-0.3, -0.25) is 0 Å². The fraction of sp³-hybridized carbons (Fsp3) is 0.462. The Morgan fingerprint density at radius 2 is 1.93 bits per heavy atom. The number of hydrogen-bond donors (Lipinski definition) is 1. The first-order chi connectivity index (χ1) is 7.14. The summed E-state index contributed by atoms with van der Waals surface area (Å²) in [6.07, 6.45) is 1.69. The molecule has 0 aliphatic carbocycles. The molecule has 0 aromatic heterocycles. The molecule has 0 fully saturated rings. The van der Waals surface area contributed by atoms with E-state index in [9.17, 15) is 0 Å². The van der Waals surface area contributed by atoms with E-state index in [1.807, 2.05) is 30.3 Å². The number of hydrogen-bond acceptors (Lipinski definition) is 2. The number of benzene rings is 1. The summed E-state index contributed by atoms with van der Waals surface area (Å²) < 4.78 is 0. The molecule has 1 aromatic carbocycles. The van der Waals surface area contributed by atoms with E-state index in [0.29, 0.717) is 0 Å². The molecule has 2 heteroatoms. The molecule has 0 amide bonds. The van der Waals surface area contributed by atoms with Crippen molar-refractivity contribution < 1.29 is 5.11 Å². The highest BCUT2D eigenvalue weighted by Gasteiger charge is 2.27. The SMILES string of the molecule is CCC(C)(CCO)C(=S)c1ccccc1. The Balaban J connectivity index is 2.92. The maximum atomic E-state index is 9.07. The zero-order chi connectivity index (χ0) is 11.3. The minimum absolute atomic E-state index is 0.0641. The summed E-state index contributed by atoms with van der Waals surface area (Å²) in [6.45, 7) is 4.43. The molecule has 1 atom stereocenters. The van der Waals surface area contributed by atoms with Gasteiger partial charge in [-0.25, -0.2) is 0 Å². The second-order valence-electron chi connectivity index (χ2n) is 4.08. The highest BCUT2D eigenvalue weighted by Crippen LogP contribution is 2.30. The molecule has 0 aliphatic heterocycles. The van der Waals surface area contributed by atoms with Gasteiger partial charge in [0, 0.05) is 16.9 Å². The lowest BCUT2D eigenvalue weighted by atomic mass is 9.78. The summed E-state index contributed by atoms with van der Waals surface area (Å²) in [5.74, 6) is 0. The van der Waals surface area contributed by atoms with Gasteiger partial charge in [-0.2, -0.15) is 0 Å². The van der Waals surface area contributed by atoms with Gasteiger partial charge < -0.3 is 5.11 Å². The van der Waals surface area contributed by atoms with Crippen LogP contribution in [0.5, 0.6) is 0 Å². The molecule has 0 radical (unpaired) electrons. The minimum Gasteiger partial charge on any atom is -0.396 e. The maximum absolute atomic E-state index is 9.07. The van der Waals surface area contributed by atoms with Gasteiger partial charge in [-0.15, -0.1) is 0 Å². The Bertz CT molecular complexity index is 321. The summed E-state index contributed by atoms with van der Waals surface area (Å²) in [7, 11) is 0. The van der Waals surface area contributed by atoms with E-state index in [2.05, 4.69) is 13.8 Å². The molecule has 0 saturated carbocycles. The van der Waals surface area contributed by atoms with E-state index in [4.69, 9.17) is 17.3 Å². The largest absolute Gasteiger partial charge is 0.396 e. The van der Waals surface area contributed by atoms with Gasteiger partial charge >= 0.3 is 0 Å². The molecule has 1 N–H and O–H groups in total. The average molecular weight is 222 g/mol. The summed E-state index contributed by atoms with van der Waals surface area (Å²) >= 11 is 5.51. The third kappa shape index (κ3) is 2.86. The number of aliphatic hydroxyl groups excluding tert-OH is 1. The first-order valence-electron chi connectivity index (χ1n) is 5.35. The van der Waals surface area contributed by atoms with Crippen LogP contribution >= 0.6 is 12.2 Å². The van der Waals surface area contributed by atoms with Gasteiger partial charge in [0.05, 0.1) is 0 Å². The lowest BCUT2D eigenvalue weighted by Crippen LogP contribution is -2.27. The van der Waals surface area contributed by atoms with Crippen LogP contribution in [0.2, 0.25) is 0 Å². The molecule has 0 aliphatic rings. The molecule has 15 heavy (non-hydrogen) atoms. The van der Waals surface area contributed by atoms with Crippen LogP contribution in [0.1, 0.15) is 32.3 Å². The van der Waals surface area contributed by atoms with E-state index in [1.54, 1.807) is 0 Å². The molecule has 0 saturated heterocycles. The van der Waals surface area contributed by atoms with Crippen LogP contribution in [0.3, 0.4) is 0 Å². The van der Waals surface area contributed by atoms with Gasteiger partial charge in [0.15, 0.2) is 0 Å². The van der Waals surface area contributed by atoms with Crippen molar-refractivity contribution in [2.45, 2.75) is 26.7 Å². The van der Waals surface area contributed by atoms with Crippen molar-refractivity contribution in [3.63, 3.8) is 0 Å². The summed E-state index contributed by atoms with van der Waals surface area (Å²) in [5, 5.41) is 9.07. The zero-order valence-electron chi connectivity index (χ0n) is 9.36. The molecular weight excluding hydrogens is 204 g/mol. The van der Waals surface area contributed by atoms with E-state index in [0.717, 1.165) is 23.3 Å². The molecule has 1 unspecified atom stereocenters. The number of rotatable bonds is 5. The Morgan fingerprint density at radius 3 is 2.40 bits per heavy atom. The van der Waals surface area contributed by atoms with Crippen molar-refractivity contribution in [2.75, 3.05) is 6.61 Å². The van der Waals surface area contributed by atoms with Crippen LogP contribution in [-0.2, 0) is 0 Å². The fourth-order valence-corrected chi connectivity index (χ4v) is 2.02. The van der Waals surface area contributed by atoms with Gasteiger partial charge in [-0.1, -0.05) is 56.4 Å². The fourth-order valence-electron chi connectivity index (χ4n) is 1.64.